The Bertz CT molecular complexity index is 404. The van der Waals surface area contributed by atoms with Gasteiger partial charge in [0.25, 0.3) is 0 Å². The van der Waals surface area contributed by atoms with Crippen molar-refractivity contribution in [1.29, 1.82) is 0 Å². The zero-order chi connectivity index (χ0) is 13.6. The molecule has 1 aromatic rings. The lowest BCUT2D eigenvalue weighted by Crippen LogP contribution is -2.42. The van der Waals surface area contributed by atoms with Crippen molar-refractivity contribution in [3.63, 3.8) is 0 Å². The van der Waals surface area contributed by atoms with Crippen molar-refractivity contribution in [1.82, 2.24) is 5.32 Å². The van der Waals surface area contributed by atoms with Crippen LogP contribution < -0.4 is 11.1 Å². The molecule has 2 rings (SSSR count). The molecule has 0 aromatic heterocycles. The van der Waals surface area contributed by atoms with Crippen LogP contribution in [0.4, 0.5) is 0 Å². The van der Waals surface area contributed by atoms with Crippen LogP contribution in [0.25, 0.3) is 0 Å². The summed E-state index contributed by atoms with van der Waals surface area (Å²) < 4.78 is 0. The molecule has 1 aliphatic rings. The van der Waals surface area contributed by atoms with Gasteiger partial charge in [-0.1, -0.05) is 36.8 Å². The lowest BCUT2D eigenvalue weighted by atomic mass is 9.70. The van der Waals surface area contributed by atoms with Crippen LogP contribution in [0.1, 0.15) is 37.7 Å². The van der Waals surface area contributed by atoms with Crippen molar-refractivity contribution >= 4 is 5.91 Å². The fourth-order valence-electron chi connectivity index (χ4n) is 3.08. The molecule has 0 spiro atoms. The number of hydrogen-bond donors (Lipinski definition) is 2. The van der Waals surface area contributed by atoms with E-state index in [4.69, 9.17) is 5.73 Å². The van der Waals surface area contributed by atoms with Gasteiger partial charge in [-0.3, -0.25) is 4.79 Å². The molecule has 3 heteroatoms. The molecule has 3 nitrogen and oxygen atoms in total. The maximum Gasteiger partial charge on any atom is 0.220 e. The fourth-order valence-corrected chi connectivity index (χ4v) is 3.08. The minimum absolute atomic E-state index is 0.138. The molecule has 0 saturated carbocycles. The highest BCUT2D eigenvalue weighted by atomic mass is 16.1. The highest BCUT2D eigenvalue weighted by molar-refractivity contribution is 5.77. The summed E-state index contributed by atoms with van der Waals surface area (Å²) in [5.41, 5.74) is 7.06. The van der Waals surface area contributed by atoms with Gasteiger partial charge in [0, 0.05) is 13.0 Å². The van der Waals surface area contributed by atoms with Crippen molar-refractivity contribution in [2.24, 2.45) is 11.1 Å². The number of piperidine rings is 1. The lowest BCUT2D eigenvalue weighted by Gasteiger charge is -2.37. The van der Waals surface area contributed by atoms with Crippen LogP contribution >= 0.6 is 0 Å². The van der Waals surface area contributed by atoms with E-state index in [1.807, 2.05) is 6.07 Å². The number of hydrogen-bond acceptors (Lipinski definition) is 2. The molecule has 0 bridgehead atoms. The third-order valence-electron chi connectivity index (χ3n) is 4.10. The van der Waals surface area contributed by atoms with Crippen LogP contribution in [0, 0.1) is 5.41 Å². The number of carbonyl (C=O) groups is 1. The van der Waals surface area contributed by atoms with Gasteiger partial charge < -0.3 is 11.1 Å². The van der Waals surface area contributed by atoms with Gasteiger partial charge in [-0.25, -0.2) is 0 Å². The second kappa shape index (κ2) is 6.71. The van der Waals surface area contributed by atoms with E-state index >= 15 is 0 Å². The van der Waals surface area contributed by atoms with Gasteiger partial charge in [0.15, 0.2) is 0 Å². The normalized spacial score (nSPS) is 23.1. The molecule has 0 radical (unpaired) electrons. The van der Waals surface area contributed by atoms with E-state index in [1.54, 1.807) is 0 Å². The second-order valence-electron chi connectivity index (χ2n) is 5.68. The van der Waals surface area contributed by atoms with Gasteiger partial charge in [-0.15, -0.1) is 0 Å². The largest absolute Gasteiger partial charge is 0.356 e. The molecular formula is C16H24N2O. The van der Waals surface area contributed by atoms with Crippen LogP contribution in [0.5, 0.6) is 0 Å². The number of nitrogens with two attached hydrogens (primary N) is 1. The maximum atomic E-state index is 11.8. The van der Waals surface area contributed by atoms with E-state index in [1.165, 1.54) is 5.56 Å². The Morgan fingerprint density at radius 2 is 2.00 bits per heavy atom. The first kappa shape index (κ1) is 14.1. The summed E-state index contributed by atoms with van der Waals surface area (Å²) >= 11 is 0. The summed E-state index contributed by atoms with van der Waals surface area (Å²) in [6, 6.07) is 10.5. The summed E-state index contributed by atoms with van der Waals surface area (Å²) in [5.74, 6) is 0.204. The van der Waals surface area contributed by atoms with Crippen molar-refractivity contribution < 1.29 is 4.79 Å². The van der Waals surface area contributed by atoms with Gasteiger partial charge in [-0.05, 0) is 43.2 Å². The number of unbranched alkanes of at least 4 members (excludes halogenated alkanes) is 1. The molecule has 104 valence electrons. The van der Waals surface area contributed by atoms with Gasteiger partial charge >= 0.3 is 0 Å². The molecular weight excluding hydrogens is 236 g/mol. The average Bonchev–Trinajstić information content (AvgIpc) is 2.40. The fraction of sp³-hybridized carbons (Fsp3) is 0.562. The maximum absolute atomic E-state index is 11.8. The van der Waals surface area contributed by atoms with Gasteiger partial charge in [0.2, 0.25) is 5.91 Å². The molecule has 0 aliphatic carbocycles. The Hall–Kier alpha value is -1.35. The Labute approximate surface area is 115 Å². The number of carbonyl (C=O) groups excluding carboxylic acids is 1. The summed E-state index contributed by atoms with van der Waals surface area (Å²) in [7, 11) is 0. The number of rotatable bonds is 6. The molecule has 1 aromatic carbocycles. The Kier molecular flexibility index (Phi) is 4.97. The van der Waals surface area contributed by atoms with E-state index in [0.717, 1.165) is 45.2 Å². The molecule has 1 saturated heterocycles. The van der Waals surface area contributed by atoms with Crippen molar-refractivity contribution in [2.75, 3.05) is 13.1 Å². The quantitative estimate of drug-likeness (QED) is 0.771. The highest BCUT2D eigenvalue weighted by Crippen LogP contribution is 2.38. The monoisotopic (exact) mass is 260 g/mol. The molecule has 1 aliphatic heterocycles. The van der Waals surface area contributed by atoms with E-state index in [0.29, 0.717) is 6.42 Å². The molecule has 1 fully saturated rings. The standard InChI is InChI=1S/C16H24N2O/c17-10-5-4-8-16(9-11-18-15(19)13-16)12-14-6-2-1-3-7-14/h1-3,6-7H,4-5,8-13,17H2,(H,18,19). The Morgan fingerprint density at radius 3 is 2.68 bits per heavy atom. The van der Waals surface area contributed by atoms with Crippen LogP contribution in [0.3, 0.4) is 0 Å². The minimum atomic E-state index is 0.138. The van der Waals surface area contributed by atoms with Crippen LogP contribution in [-0.4, -0.2) is 19.0 Å². The van der Waals surface area contributed by atoms with Crippen LogP contribution in [-0.2, 0) is 11.2 Å². The van der Waals surface area contributed by atoms with E-state index < -0.39 is 0 Å². The van der Waals surface area contributed by atoms with Crippen LogP contribution in [0.2, 0.25) is 0 Å². The first-order chi connectivity index (χ1) is 9.24. The Morgan fingerprint density at radius 1 is 1.21 bits per heavy atom. The predicted octanol–water partition coefficient (Wildman–Crippen LogP) is 2.25. The molecule has 3 N–H and O–H groups in total. The van der Waals surface area contributed by atoms with Crippen molar-refractivity contribution in [3.05, 3.63) is 35.9 Å². The molecule has 1 unspecified atom stereocenters. The lowest BCUT2D eigenvalue weighted by molar-refractivity contribution is -0.126. The summed E-state index contributed by atoms with van der Waals surface area (Å²) in [6.45, 7) is 1.56. The van der Waals surface area contributed by atoms with E-state index in [9.17, 15) is 4.79 Å². The minimum Gasteiger partial charge on any atom is -0.356 e. The van der Waals surface area contributed by atoms with Gasteiger partial charge in [0.1, 0.15) is 0 Å². The summed E-state index contributed by atoms with van der Waals surface area (Å²) in [5, 5.41) is 2.95. The zero-order valence-electron chi connectivity index (χ0n) is 11.5. The number of amides is 1. The molecule has 1 atom stereocenters. The first-order valence-electron chi connectivity index (χ1n) is 7.25. The smallest absolute Gasteiger partial charge is 0.220 e. The number of nitrogens with one attached hydrogen (secondary N) is 1. The average molecular weight is 260 g/mol. The molecule has 1 heterocycles. The first-order valence-corrected chi connectivity index (χ1v) is 7.25. The summed E-state index contributed by atoms with van der Waals surface area (Å²) in [6.07, 6.45) is 6.03. The third-order valence-corrected chi connectivity index (χ3v) is 4.10. The summed E-state index contributed by atoms with van der Waals surface area (Å²) in [4.78, 5) is 11.8. The predicted molar refractivity (Wildman–Crippen MR) is 77.7 cm³/mol. The number of benzene rings is 1. The van der Waals surface area contributed by atoms with Crippen LogP contribution in [0.15, 0.2) is 30.3 Å². The SMILES string of the molecule is NCCCCC1(Cc2ccccc2)CCNC(=O)C1. The van der Waals surface area contributed by atoms with E-state index in [-0.39, 0.29) is 11.3 Å². The molecule has 19 heavy (non-hydrogen) atoms. The third kappa shape index (κ3) is 4.06. The van der Waals surface area contributed by atoms with Gasteiger partial charge in [0.05, 0.1) is 0 Å². The zero-order valence-corrected chi connectivity index (χ0v) is 11.5. The second-order valence-corrected chi connectivity index (χ2v) is 5.68. The Balaban J connectivity index is 2.06. The van der Waals surface area contributed by atoms with Gasteiger partial charge in [-0.2, -0.15) is 0 Å². The highest BCUT2D eigenvalue weighted by Gasteiger charge is 2.35. The van der Waals surface area contributed by atoms with Crippen molar-refractivity contribution in [3.8, 4) is 0 Å². The van der Waals surface area contributed by atoms with E-state index in [2.05, 4.69) is 29.6 Å². The van der Waals surface area contributed by atoms with Crippen molar-refractivity contribution in [2.45, 2.75) is 38.5 Å². The topological polar surface area (TPSA) is 55.1 Å². The molecule has 1 amide bonds.